The molecule has 4 nitrogen and oxygen atoms in total. The van der Waals surface area contributed by atoms with E-state index in [0.29, 0.717) is 43.7 Å². The van der Waals surface area contributed by atoms with Crippen LogP contribution in [0.15, 0.2) is 0 Å². The lowest BCUT2D eigenvalue weighted by molar-refractivity contribution is -0.146. The molecule has 0 saturated heterocycles. The molecule has 34 heavy (non-hydrogen) atoms. The van der Waals surface area contributed by atoms with Crippen molar-refractivity contribution in [3.8, 4) is 0 Å². The van der Waals surface area contributed by atoms with E-state index in [0.717, 1.165) is 38.2 Å². The summed E-state index contributed by atoms with van der Waals surface area (Å²) in [5.41, 5.74) is 0. The highest BCUT2D eigenvalue weighted by atomic mass is 16.5. The molecule has 3 saturated carbocycles. The molecule has 3 aliphatic rings. The molecule has 0 N–H and O–H groups in total. The predicted molar refractivity (Wildman–Crippen MR) is 138 cm³/mol. The van der Waals surface area contributed by atoms with Gasteiger partial charge in [-0.05, 0) is 49.9 Å². The summed E-state index contributed by atoms with van der Waals surface area (Å²) in [5, 5.41) is 0. The first-order valence-electron chi connectivity index (χ1n) is 14.9. The Morgan fingerprint density at radius 3 is 1.74 bits per heavy atom. The zero-order valence-corrected chi connectivity index (χ0v) is 21.9. The van der Waals surface area contributed by atoms with Crippen LogP contribution in [-0.4, -0.2) is 31.6 Å². The van der Waals surface area contributed by atoms with Crippen molar-refractivity contribution >= 4 is 11.8 Å². The van der Waals surface area contributed by atoms with Crippen molar-refractivity contribution in [3.63, 3.8) is 0 Å². The molecule has 3 aliphatic carbocycles. The molecule has 0 radical (unpaired) electrons. The summed E-state index contributed by atoms with van der Waals surface area (Å²) in [6, 6.07) is 0. The Kier molecular flexibility index (Phi) is 13.6. The fourth-order valence-corrected chi connectivity index (χ4v) is 6.38. The van der Waals surface area contributed by atoms with Crippen LogP contribution in [0.1, 0.15) is 135 Å². The lowest BCUT2D eigenvalue weighted by atomic mass is 9.85. The van der Waals surface area contributed by atoms with E-state index in [1.54, 1.807) is 0 Å². The second-order valence-corrected chi connectivity index (χ2v) is 11.8. The Labute approximate surface area is 209 Å². The lowest BCUT2D eigenvalue weighted by Gasteiger charge is -2.24. The maximum atomic E-state index is 12.6. The molecule has 0 aromatic heterocycles. The zero-order chi connectivity index (χ0) is 23.8. The van der Waals surface area contributed by atoms with Gasteiger partial charge in [0, 0.05) is 31.8 Å². The van der Waals surface area contributed by atoms with Crippen LogP contribution in [0.4, 0.5) is 0 Å². The van der Waals surface area contributed by atoms with E-state index in [2.05, 4.69) is 0 Å². The maximum Gasteiger partial charge on any atom is 0.305 e. The number of ether oxygens (including phenoxy) is 2. The van der Waals surface area contributed by atoms with Crippen molar-refractivity contribution in [2.75, 3.05) is 19.8 Å². The molecule has 0 bridgehead atoms. The van der Waals surface area contributed by atoms with Crippen LogP contribution < -0.4 is 0 Å². The van der Waals surface area contributed by atoms with Crippen molar-refractivity contribution in [1.82, 2.24) is 0 Å². The highest BCUT2D eigenvalue weighted by Gasteiger charge is 2.20. The van der Waals surface area contributed by atoms with E-state index in [1.807, 2.05) is 0 Å². The second-order valence-electron chi connectivity index (χ2n) is 11.8. The topological polar surface area (TPSA) is 52.6 Å². The summed E-state index contributed by atoms with van der Waals surface area (Å²) in [6.07, 6.45) is 24.4. The largest absolute Gasteiger partial charge is 0.465 e. The molecule has 3 fully saturated rings. The average Bonchev–Trinajstić information content (AvgIpc) is 2.89. The van der Waals surface area contributed by atoms with Crippen LogP contribution >= 0.6 is 0 Å². The third-order valence-electron chi connectivity index (χ3n) is 8.78. The van der Waals surface area contributed by atoms with E-state index in [1.165, 1.54) is 96.3 Å². The maximum absolute atomic E-state index is 12.6. The summed E-state index contributed by atoms with van der Waals surface area (Å²) >= 11 is 0. The highest BCUT2D eigenvalue weighted by Crippen LogP contribution is 2.29. The number of esters is 1. The Morgan fingerprint density at radius 2 is 1.15 bits per heavy atom. The van der Waals surface area contributed by atoms with Gasteiger partial charge >= 0.3 is 5.97 Å². The Morgan fingerprint density at radius 1 is 0.618 bits per heavy atom. The quantitative estimate of drug-likeness (QED) is 0.226. The molecule has 0 aliphatic heterocycles. The van der Waals surface area contributed by atoms with Crippen LogP contribution in [-0.2, 0) is 19.1 Å². The molecule has 0 aromatic rings. The monoisotopic (exact) mass is 476 g/mol. The minimum absolute atomic E-state index is 0.0634. The number of Topliss-reactive ketones (excluding diaryl/α,β-unsaturated/α-hetero) is 1. The van der Waals surface area contributed by atoms with Gasteiger partial charge in [0.15, 0.2) is 0 Å². The third-order valence-corrected chi connectivity index (χ3v) is 8.78. The van der Waals surface area contributed by atoms with E-state index in [-0.39, 0.29) is 11.9 Å². The van der Waals surface area contributed by atoms with Crippen molar-refractivity contribution in [2.24, 2.45) is 23.7 Å². The predicted octanol–water partition coefficient (Wildman–Crippen LogP) is 7.81. The number of hydrogen-bond acceptors (Lipinski definition) is 4. The van der Waals surface area contributed by atoms with Gasteiger partial charge in [-0.15, -0.1) is 0 Å². The van der Waals surface area contributed by atoms with E-state index >= 15 is 0 Å². The van der Waals surface area contributed by atoms with Gasteiger partial charge in [-0.3, -0.25) is 9.59 Å². The standard InChI is InChI=1S/C30H52O4/c31-29(19-16-25-10-4-1-5-11-25)20-17-28(23-33-22-27-14-8-3-9-15-27)24-34-30(32)21-18-26-12-6-2-7-13-26/h25-28H,1-24H2. The van der Waals surface area contributed by atoms with Gasteiger partial charge in [0.1, 0.15) is 5.78 Å². The molecule has 0 spiro atoms. The fraction of sp³-hybridized carbons (Fsp3) is 0.933. The van der Waals surface area contributed by atoms with Crippen LogP contribution in [0, 0.1) is 23.7 Å². The van der Waals surface area contributed by atoms with Crippen LogP contribution in [0.25, 0.3) is 0 Å². The van der Waals surface area contributed by atoms with Gasteiger partial charge in [-0.1, -0.05) is 83.5 Å². The first-order valence-corrected chi connectivity index (χ1v) is 14.9. The second kappa shape index (κ2) is 16.7. The minimum atomic E-state index is -0.0634. The molecule has 0 amide bonds. The number of hydrogen-bond donors (Lipinski definition) is 0. The van der Waals surface area contributed by atoms with Gasteiger partial charge in [0.25, 0.3) is 0 Å². The highest BCUT2D eigenvalue weighted by molar-refractivity contribution is 5.78. The van der Waals surface area contributed by atoms with E-state index < -0.39 is 0 Å². The molecule has 0 heterocycles. The fourth-order valence-electron chi connectivity index (χ4n) is 6.38. The van der Waals surface area contributed by atoms with E-state index in [9.17, 15) is 9.59 Å². The minimum Gasteiger partial charge on any atom is -0.465 e. The summed E-state index contributed by atoms with van der Waals surface area (Å²) in [4.78, 5) is 25.0. The summed E-state index contributed by atoms with van der Waals surface area (Å²) < 4.78 is 11.8. The summed E-state index contributed by atoms with van der Waals surface area (Å²) in [6.45, 7) is 1.84. The van der Waals surface area contributed by atoms with Crippen LogP contribution in [0.3, 0.4) is 0 Å². The summed E-state index contributed by atoms with van der Waals surface area (Å²) in [5.74, 6) is 2.61. The van der Waals surface area contributed by atoms with Crippen molar-refractivity contribution < 1.29 is 19.1 Å². The first kappa shape index (κ1) is 27.7. The van der Waals surface area contributed by atoms with Crippen molar-refractivity contribution in [1.29, 1.82) is 0 Å². The summed E-state index contributed by atoms with van der Waals surface area (Å²) in [7, 11) is 0. The van der Waals surface area contributed by atoms with Crippen molar-refractivity contribution in [3.05, 3.63) is 0 Å². The molecule has 196 valence electrons. The van der Waals surface area contributed by atoms with Crippen LogP contribution in [0.5, 0.6) is 0 Å². The molecule has 0 aromatic carbocycles. The molecule has 1 unspecified atom stereocenters. The normalized spacial score (nSPS) is 21.9. The Bertz CT molecular complexity index is 518. The van der Waals surface area contributed by atoms with Crippen molar-refractivity contribution in [2.45, 2.75) is 135 Å². The SMILES string of the molecule is O=C(CCC1CCCCC1)CCC(COCC1CCCCC1)COC(=O)CCC1CCCCC1. The van der Waals surface area contributed by atoms with E-state index in [4.69, 9.17) is 9.47 Å². The van der Waals surface area contributed by atoms with Gasteiger partial charge in [-0.2, -0.15) is 0 Å². The Hall–Kier alpha value is -0.900. The van der Waals surface area contributed by atoms with Crippen LogP contribution in [0.2, 0.25) is 0 Å². The first-order chi connectivity index (χ1) is 16.7. The number of rotatable bonds is 15. The lowest BCUT2D eigenvalue weighted by Crippen LogP contribution is -2.23. The van der Waals surface area contributed by atoms with Gasteiger partial charge in [0.05, 0.1) is 13.2 Å². The van der Waals surface area contributed by atoms with Gasteiger partial charge in [-0.25, -0.2) is 0 Å². The molecule has 4 heteroatoms. The molecular formula is C30H52O4. The zero-order valence-electron chi connectivity index (χ0n) is 21.9. The smallest absolute Gasteiger partial charge is 0.305 e. The average molecular weight is 477 g/mol. The number of carbonyl (C=O) groups is 2. The number of carbonyl (C=O) groups excluding carboxylic acids is 2. The Balaban J connectivity index is 1.35. The third kappa shape index (κ3) is 11.7. The molecular weight excluding hydrogens is 424 g/mol. The number of ketones is 1. The molecule has 1 atom stereocenters. The van der Waals surface area contributed by atoms with Gasteiger partial charge < -0.3 is 9.47 Å². The molecule has 3 rings (SSSR count). The van der Waals surface area contributed by atoms with Gasteiger partial charge in [0.2, 0.25) is 0 Å².